The van der Waals surface area contributed by atoms with E-state index in [1.165, 1.54) is 43.6 Å². The van der Waals surface area contributed by atoms with E-state index in [-0.39, 0.29) is 0 Å². The Morgan fingerprint density at radius 3 is 1.44 bits per heavy atom. The van der Waals surface area contributed by atoms with Gasteiger partial charge in [-0.2, -0.15) is 0 Å². The zero-order chi connectivity index (χ0) is 41.7. The summed E-state index contributed by atoms with van der Waals surface area (Å²) < 4.78 is 2.32. The van der Waals surface area contributed by atoms with E-state index in [4.69, 9.17) is 9.97 Å². The normalized spacial score (nSPS) is 11.5. The smallest absolute Gasteiger partial charge is 0.160 e. The van der Waals surface area contributed by atoms with Gasteiger partial charge in [0.05, 0.1) is 22.4 Å². The van der Waals surface area contributed by atoms with Gasteiger partial charge in [0.25, 0.3) is 0 Å². The molecule has 0 unspecified atom stereocenters. The summed E-state index contributed by atoms with van der Waals surface area (Å²) in [7, 11) is 0. The number of aromatic nitrogens is 4. The van der Waals surface area contributed by atoms with Crippen LogP contribution in [0.15, 0.2) is 231 Å². The first-order chi connectivity index (χ1) is 31.2. The fraction of sp³-hybridized carbons (Fsp3) is 0. The topological polar surface area (TPSA) is 43.6 Å². The van der Waals surface area contributed by atoms with E-state index < -0.39 is 0 Å². The molecular weight excluding hydrogens is 765 g/mol. The minimum atomic E-state index is 0.681. The molecule has 0 saturated heterocycles. The molecule has 4 nitrogen and oxygen atoms in total. The van der Waals surface area contributed by atoms with Crippen LogP contribution in [0.2, 0.25) is 0 Å². The molecule has 9 aromatic carbocycles. The van der Waals surface area contributed by atoms with Crippen molar-refractivity contribution in [2.75, 3.05) is 0 Å². The monoisotopic (exact) mass is 802 g/mol. The molecule has 0 spiro atoms. The number of para-hydroxylation sites is 1. The Bertz CT molecular complexity index is 3590. The van der Waals surface area contributed by atoms with Crippen molar-refractivity contribution in [2.24, 2.45) is 0 Å². The van der Waals surface area contributed by atoms with Gasteiger partial charge in [0.15, 0.2) is 5.82 Å². The van der Waals surface area contributed by atoms with Crippen molar-refractivity contribution >= 4 is 43.4 Å². The van der Waals surface area contributed by atoms with Crippen molar-refractivity contribution in [3.05, 3.63) is 231 Å². The number of rotatable bonds is 7. The van der Waals surface area contributed by atoms with E-state index in [9.17, 15) is 0 Å². The van der Waals surface area contributed by atoms with Crippen molar-refractivity contribution < 1.29 is 0 Å². The molecule has 0 N–H and O–H groups in total. The average molecular weight is 803 g/mol. The third kappa shape index (κ3) is 6.36. The molecule has 12 aromatic rings. The minimum absolute atomic E-state index is 0.681. The van der Waals surface area contributed by atoms with E-state index in [0.29, 0.717) is 5.82 Å². The fourth-order valence-corrected chi connectivity index (χ4v) is 9.38. The SMILES string of the molecule is c1ccc(-c2cc(-c3ccc(-c4ccc5c(c4)c4cnccc4n5-c4ccccc4)cc3)nc(-c3cccc(-c4c5ccccc5c(-c5ccccc5)c5ccccc45)c3)n2)cc1. The molecular formula is C59H38N4. The van der Waals surface area contributed by atoms with Gasteiger partial charge in [0.1, 0.15) is 0 Å². The third-order valence-corrected chi connectivity index (χ3v) is 12.3. The second-order valence-corrected chi connectivity index (χ2v) is 16.0. The summed E-state index contributed by atoms with van der Waals surface area (Å²) in [5.74, 6) is 0.681. The molecule has 0 atom stereocenters. The molecule has 0 saturated carbocycles. The highest BCUT2D eigenvalue weighted by atomic mass is 15.0. The molecule has 0 bridgehead atoms. The predicted molar refractivity (Wildman–Crippen MR) is 262 cm³/mol. The van der Waals surface area contributed by atoms with E-state index in [0.717, 1.165) is 66.9 Å². The lowest BCUT2D eigenvalue weighted by Crippen LogP contribution is -1.96. The average Bonchev–Trinajstić information content (AvgIpc) is 3.70. The zero-order valence-corrected chi connectivity index (χ0v) is 34.2. The maximum atomic E-state index is 5.30. The summed E-state index contributed by atoms with van der Waals surface area (Å²) in [5.41, 5.74) is 15.3. The number of benzene rings is 9. The lowest BCUT2D eigenvalue weighted by Gasteiger charge is -2.18. The van der Waals surface area contributed by atoms with Gasteiger partial charge in [-0.15, -0.1) is 0 Å². The highest BCUT2D eigenvalue weighted by Gasteiger charge is 2.19. The molecule has 0 amide bonds. The summed E-state index contributed by atoms with van der Waals surface area (Å²) in [6, 6.07) is 77.7. The van der Waals surface area contributed by atoms with Crippen LogP contribution >= 0.6 is 0 Å². The summed E-state index contributed by atoms with van der Waals surface area (Å²) in [6.45, 7) is 0. The third-order valence-electron chi connectivity index (χ3n) is 12.3. The molecule has 0 aliphatic carbocycles. The Labute approximate surface area is 365 Å². The zero-order valence-electron chi connectivity index (χ0n) is 34.2. The van der Waals surface area contributed by atoms with Crippen LogP contribution in [0.1, 0.15) is 0 Å². The fourth-order valence-electron chi connectivity index (χ4n) is 9.38. The lowest BCUT2D eigenvalue weighted by atomic mass is 9.85. The van der Waals surface area contributed by atoms with Gasteiger partial charge in [-0.25, -0.2) is 9.97 Å². The van der Waals surface area contributed by atoms with Crippen LogP contribution in [-0.4, -0.2) is 19.5 Å². The van der Waals surface area contributed by atoms with Crippen molar-refractivity contribution in [1.82, 2.24) is 19.5 Å². The van der Waals surface area contributed by atoms with Gasteiger partial charge in [-0.05, 0) is 97.4 Å². The number of nitrogens with zero attached hydrogens (tertiary/aromatic N) is 4. The Morgan fingerprint density at radius 1 is 0.302 bits per heavy atom. The first-order valence-electron chi connectivity index (χ1n) is 21.3. The molecule has 294 valence electrons. The quantitative estimate of drug-likeness (QED) is 0.151. The number of hydrogen-bond acceptors (Lipinski definition) is 3. The van der Waals surface area contributed by atoms with E-state index in [1.807, 2.05) is 18.5 Å². The summed E-state index contributed by atoms with van der Waals surface area (Å²) in [6.07, 6.45) is 3.84. The summed E-state index contributed by atoms with van der Waals surface area (Å²) in [4.78, 5) is 15.0. The van der Waals surface area contributed by atoms with Gasteiger partial charge < -0.3 is 4.57 Å². The Morgan fingerprint density at radius 2 is 0.794 bits per heavy atom. The number of fused-ring (bicyclic) bond motifs is 5. The largest absolute Gasteiger partial charge is 0.309 e. The van der Waals surface area contributed by atoms with Gasteiger partial charge in [-0.3, -0.25) is 4.98 Å². The Kier molecular flexibility index (Phi) is 8.79. The maximum Gasteiger partial charge on any atom is 0.160 e. The minimum Gasteiger partial charge on any atom is -0.309 e. The predicted octanol–water partition coefficient (Wildman–Crippen LogP) is 15.3. The Hall–Kier alpha value is -8.47. The van der Waals surface area contributed by atoms with Crippen molar-refractivity contribution in [3.63, 3.8) is 0 Å². The van der Waals surface area contributed by atoms with Crippen LogP contribution < -0.4 is 0 Å². The van der Waals surface area contributed by atoms with E-state index in [2.05, 4.69) is 222 Å². The maximum absolute atomic E-state index is 5.30. The molecule has 0 fully saturated rings. The molecule has 3 aromatic heterocycles. The van der Waals surface area contributed by atoms with Gasteiger partial charge in [0.2, 0.25) is 0 Å². The van der Waals surface area contributed by atoms with Crippen LogP contribution in [0.25, 0.3) is 116 Å². The van der Waals surface area contributed by atoms with Crippen molar-refractivity contribution in [3.8, 4) is 73.0 Å². The van der Waals surface area contributed by atoms with Gasteiger partial charge in [-0.1, -0.05) is 176 Å². The highest BCUT2D eigenvalue weighted by Crippen LogP contribution is 2.44. The standard InChI is InChI=1S/C59H38N4/c1-4-15-40(16-5-1)53-37-54(41-29-27-39(28-30-41)43-31-32-55-51(36-43)52-38-60-34-33-56(52)63(55)46-21-8-3-9-22-46)62-59(61-53)45-20-14-19-44(35-45)58-49-25-12-10-23-47(49)57(42-17-6-2-7-18-42)48-24-11-13-26-50(48)58/h1-38H. The number of hydrogen-bond donors (Lipinski definition) is 0. The van der Waals surface area contributed by atoms with Crippen molar-refractivity contribution in [1.29, 1.82) is 0 Å². The summed E-state index contributed by atoms with van der Waals surface area (Å²) in [5, 5.41) is 7.19. The first-order valence-corrected chi connectivity index (χ1v) is 21.3. The second kappa shape index (κ2) is 15.2. The summed E-state index contributed by atoms with van der Waals surface area (Å²) >= 11 is 0. The van der Waals surface area contributed by atoms with Gasteiger partial charge >= 0.3 is 0 Å². The molecule has 12 rings (SSSR count). The highest BCUT2D eigenvalue weighted by molar-refractivity contribution is 6.21. The molecule has 4 heteroatoms. The van der Waals surface area contributed by atoms with Crippen LogP contribution in [-0.2, 0) is 0 Å². The molecule has 63 heavy (non-hydrogen) atoms. The van der Waals surface area contributed by atoms with Gasteiger partial charge in [0, 0.05) is 45.5 Å². The Balaban J connectivity index is 0.964. The van der Waals surface area contributed by atoms with Crippen LogP contribution in [0.4, 0.5) is 0 Å². The lowest BCUT2D eigenvalue weighted by molar-refractivity contribution is 1.17. The van der Waals surface area contributed by atoms with E-state index in [1.54, 1.807) is 0 Å². The second-order valence-electron chi connectivity index (χ2n) is 16.0. The van der Waals surface area contributed by atoms with Crippen LogP contribution in [0.5, 0.6) is 0 Å². The van der Waals surface area contributed by atoms with Crippen LogP contribution in [0.3, 0.4) is 0 Å². The molecule has 0 aliphatic rings. The molecule has 0 aliphatic heterocycles. The molecule has 0 radical (unpaired) electrons. The first kappa shape index (κ1) is 36.4. The van der Waals surface area contributed by atoms with Crippen LogP contribution in [0, 0.1) is 0 Å². The molecule has 3 heterocycles. The van der Waals surface area contributed by atoms with E-state index >= 15 is 0 Å². The van der Waals surface area contributed by atoms with Crippen molar-refractivity contribution in [2.45, 2.75) is 0 Å². The number of pyridine rings is 1.